The molecule has 0 aromatic carbocycles. The van der Waals surface area contributed by atoms with E-state index in [0.717, 1.165) is 7.11 Å². The molecule has 0 heterocycles. The van der Waals surface area contributed by atoms with Crippen LogP contribution in [0.5, 0.6) is 0 Å². The highest BCUT2D eigenvalue weighted by Gasteiger charge is 2.17. The largest absolute Gasteiger partial charge is 0.424 e. The van der Waals surface area contributed by atoms with E-state index in [2.05, 4.69) is 9.05 Å². The van der Waals surface area contributed by atoms with E-state index >= 15 is 0 Å². The molecule has 0 fully saturated rings. The lowest BCUT2D eigenvalue weighted by Crippen LogP contribution is -1.88. The topological polar surface area (TPSA) is 55.8 Å². The fourth-order valence-corrected chi connectivity index (χ4v) is 1.62. The van der Waals surface area contributed by atoms with Crippen LogP contribution in [0.2, 0.25) is 0 Å². The van der Waals surface area contributed by atoms with Gasteiger partial charge in [0.1, 0.15) is 0 Å². The van der Waals surface area contributed by atoms with Crippen molar-refractivity contribution in [1.29, 1.82) is 0 Å². The predicted molar refractivity (Wildman–Crippen MR) is 44.9 cm³/mol. The zero-order valence-corrected chi connectivity index (χ0v) is 8.56. The minimum absolute atomic E-state index is 0.306. The van der Waals surface area contributed by atoms with Crippen LogP contribution in [0.4, 0.5) is 0 Å². The standard InChI is InChI=1S/C4H10ClO3P.CH4O/c1-3-7-9(5,6)8-4-2;1-2/h3-4H2,1-2H3;2H,1H3. The van der Waals surface area contributed by atoms with Gasteiger partial charge in [-0.2, -0.15) is 0 Å². The molecule has 0 aromatic rings. The van der Waals surface area contributed by atoms with Crippen molar-refractivity contribution < 1.29 is 18.7 Å². The van der Waals surface area contributed by atoms with Crippen molar-refractivity contribution in [3.8, 4) is 0 Å². The van der Waals surface area contributed by atoms with E-state index in [9.17, 15) is 4.57 Å². The molecule has 0 bridgehead atoms. The second kappa shape index (κ2) is 8.50. The molecule has 1 N–H and O–H groups in total. The van der Waals surface area contributed by atoms with Crippen LogP contribution in [0.15, 0.2) is 0 Å². The molecule has 0 aromatic heterocycles. The van der Waals surface area contributed by atoms with Crippen molar-refractivity contribution in [3.63, 3.8) is 0 Å². The van der Waals surface area contributed by atoms with E-state index in [1.807, 2.05) is 0 Å². The van der Waals surface area contributed by atoms with Gasteiger partial charge in [0, 0.05) is 18.4 Å². The lowest BCUT2D eigenvalue weighted by Gasteiger charge is -2.06. The Morgan fingerprint density at radius 2 is 1.55 bits per heavy atom. The molecule has 0 rings (SSSR count). The summed E-state index contributed by atoms with van der Waals surface area (Å²) in [5.41, 5.74) is 0. The molecule has 4 nitrogen and oxygen atoms in total. The number of hydrogen-bond acceptors (Lipinski definition) is 4. The summed E-state index contributed by atoms with van der Waals surface area (Å²) < 4.78 is 19.9. The zero-order valence-electron chi connectivity index (χ0n) is 6.91. The van der Waals surface area contributed by atoms with Crippen LogP contribution >= 0.6 is 18.2 Å². The molecule has 70 valence electrons. The molecular formula is C5H14ClO4P. The van der Waals surface area contributed by atoms with Crippen LogP contribution in [0.3, 0.4) is 0 Å². The van der Waals surface area contributed by atoms with E-state index in [4.69, 9.17) is 16.3 Å². The maximum Gasteiger partial charge on any atom is 0.424 e. The van der Waals surface area contributed by atoms with Crippen molar-refractivity contribution in [1.82, 2.24) is 0 Å². The van der Waals surface area contributed by atoms with Crippen LogP contribution in [-0.2, 0) is 13.6 Å². The van der Waals surface area contributed by atoms with Gasteiger partial charge < -0.3 is 5.11 Å². The highest BCUT2D eigenvalue weighted by atomic mass is 35.7. The summed E-state index contributed by atoms with van der Waals surface area (Å²) in [6.07, 6.45) is 0. The summed E-state index contributed by atoms with van der Waals surface area (Å²) in [6, 6.07) is 0. The van der Waals surface area contributed by atoms with Gasteiger partial charge in [-0.15, -0.1) is 0 Å². The smallest absolute Gasteiger partial charge is 0.400 e. The summed E-state index contributed by atoms with van der Waals surface area (Å²) in [7, 11) is 1.00. The summed E-state index contributed by atoms with van der Waals surface area (Å²) in [4.78, 5) is 0. The van der Waals surface area contributed by atoms with Crippen LogP contribution < -0.4 is 0 Å². The van der Waals surface area contributed by atoms with E-state index in [1.54, 1.807) is 13.8 Å². The van der Waals surface area contributed by atoms with Gasteiger partial charge in [0.05, 0.1) is 13.2 Å². The first-order valence-corrected chi connectivity index (χ1v) is 5.60. The minimum atomic E-state index is -3.22. The van der Waals surface area contributed by atoms with Crippen LogP contribution in [0, 0.1) is 0 Å². The lowest BCUT2D eigenvalue weighted by molar-refractivity contribution is 0.235. The van der Waals surface area contributed by atoms with Crippen molar-refractivity contribution in [2.24, 2.45) is 0 Å². The van der Waals surface area contributed by atoms with Crippen molar-refractivity contribution in [2.75, 3.05) is 20.3 Å². The predicted octanol–water partition coefficient (Wildman–Crippen LogP) is 2.01. The van der Waals surface area contributed by atoms with E-state index < -0.39 is 6.95 Å². The summed E-state index contributed by atoms with van der Waals surface area (Å²) >= 11 is 5.25. The van der Waals surface area contributed by atoms with Gasteiger partial charge >= 0.3 is 6.95 Å². The van der Waals surface area contributed by atoms with E-state index in [0.29, 0.717) is 13.2 Å². The van der Waals surface area contributed by atoms with Crippen LogP contribution in [-0.4, -0.2) is 25.4 Å². The molecule has 0 atom stereocenters. The Morgan fingerprint density at radius 3 is 1.73 bits per heavy atom. The molecular weight excluding hydrogens is 190 g/mol. The Hall–Kier alpha value is 0.400. The fraction of sp³-hybridized carbons (Fsp3) is 1.00. The third-order valence-corrected chi connectivity index (χ3v) is 2.29. The number of rotatable bonds is 4. The maximum atomic E-state index is 10.7. The van der Waals surface area contributed by atoms with Gasteiger partial charge in [-0.3, -0.25) is 9.05 Å². The molecule has 0 unspecified atom stereocenters. The first-order chi connectivity index (χ1) is 5.12. The van der Waals surface area contributed by atoms with Crippen LogP contribution in [0.1, 0.15) is 13.8 Å². The lowest BCUT2D eigenvalue weighted by atomic mass is 10.9. The Balaban J connectivity index is 0. The molecule has 0 aliphatic heterocycles. The molecule has 0 spiro atoms. The molecule has 0 radical (unpaired) electrons. The Kier molecular flexibility index (Phi) is 10.8. The van der Waals surface area contributed by atoms with Gasteiger partial charge in [-0.05, 0) is 13.8 Å². The Labute approximate surface area is 71.8 Å². The molecule has 0 saturated carbocycles. The van der Waals surface area contributed by atoms with Crippen molar-refractivity contribution in [3.05, 3.63) is 0 Å². The van der Waals surface area contributed by atoms with Gasteiger partial charge in [-0.25, -0.2) is 4.57 Å². The zero-order chi connectivity index (χ0) is 9.33. The second-order valence-electron chi connectivity index (χ2n) is 1.27. The highest BCUT2D eigenvalue weighted by Crippen LogP contribution is 2.53. The Morgan fingerprint density at radius 1 is 1.27 bits per heavy atom. The second-order valence-corrected chi connectivity index (χ2v) is 3.89. The molecule has 0 saturated heterocycles. The average Bonchev–Trinajstić information content (AvgIpc) is 1.91. The number of hydrogen-bond donors (Lipinski definition) is 1. The monoisotopic (exact) mass is 204 g/mol. The SMILES string of the molecule is CCOP(=O)(Cl)OCC.CO. The summed E-state index contributed by atoms with van der Waals surface area (Å²) in [5.74, 6) is 0. The average molecular weight is 205 g/mol. The molecule has 0 aliphatic rings. The third kappa shape index (κ3) is 10.4. The highest BCUT2D eigenvalue weighted by molar-refractivity contribution is 7.81. The molecule has 11 heavy (non-hydrogen) atoms. The number of aliphatic hydroxyl groups is 1. The van der Waals surface area contributed by atoms with Gasteiger partial charge in [0.2, 0.25) is 0 Å². The summed E-state index contributed by atoms with van der Waals surface area (Å²) in [6.45, 7) is 0.797. The van der Waals surface area contributed by atoms with Gasteiger partial charge in [-0.1, -0.05) is 0 Å². The third-order valence-electron chi connectivity index (χ3n) is 0.567. The molecule has 6 heteroatoms. The Bertz CT molecular complexity index is 109. The fourth-order valence-electron chi connectivity index (χ4n) is 0.346. The minimum Gasteiger partial charge on any atom is -0.400 e. The first kappa shape index (κ1) is 14.0. The van der Waals surface area contributed by atoms with Gasteiger partial charge in [0.15, 0.2) is 0 Å². The summed E-state index contributed by atoms with van der Waals surface area (Å²) in [5, 5.41) is 7.00. The van der Waals surface area contributed by atoms with E-state index in [1.165, 1.54) is 0 Å². The van der Waals surface area contributed by atoms with Crippen molar-refractivity contribution >= 4 is 18.2 Å². The maximum absolute atomic E-state index is 10.7. The first-order valence-electron chi connectivity index (χ1n) is 3.16. The number of halogens is 1. The molecule has 0 amide bonds. The van der Waals surface area contributed by atoms with E-state index in [-0.39, 0.29) is 0 Å². The van der Waals surface area contributed by atoms with Crippen molar-refractivity contribution in [2.45, 2.75) is 13.8 Å². The van der Waals surface area contributed by atoms with Gasteiger partial charge in [0.25, 0.3) is 0 Å². The van der Waals surface area contributed by atoms with Crippen LogP contribution in [0.25, 0.3) is 0 Å². The quantitative estimate of drug-likeness (QED) is 0.712. The molecule has 0 aliphatic carbocycles. The normalized spacial score (nSPS) is 10.3. The number of aliphatic hydroxyl groups excluding tert-OH is 1.